The topological polar surface area (TPSA) is 80.0 Å². The first-order chi connectivity index (χ1) is 18.4. The number of anilines is 1. The number of carbonyl (C=O) groups is 2. The van der Waals surface area contributed by atoms with E-state index in [2.05, 4.69) is 0 Å². The number of carboxylic acid groups (broad SMARTS) is 1. The van der Waals surface area contributed by atoms with Crippen molar-refractivity contribution in [3.8, 4) is 16.9 Å². The van der Waals surface area contributed by atoms with Crippen molar-refractivity contribution < 1.29 is 23.8 Å². The van der Waals surface area contributed by atoms with E-state index in [1.807, 2.05) is 72.8 Å². The maximum Gasteiger partial charge on any atom is 0.323 e. The summed E-state index contributed by atoms with van der Waals surface area (Å²) in [5.41, 5.74) is 4.50. The fourth-order valence-electron chi connectivity index (χ4n) is 4.25. The number of carboxylic acids is 1. The van der Waals surface area contributed by atoms with E-state index in [9.17, 15) is 14.7 Å². The number of ether oxygens (including phenoxy) is 1. The van der Waals surface area contributed by atoms with Crippen molar-refractivity contribution in [3.63, 3.8) is 0 Å². The quantitative estimate of drug-likeness (QED) is 0.229. The second-order valence-corrected chi connectivity index (χ2v) is 9.26. The van der Waals surface area contributed by atoms with Gasteiger partial charge in [0.15, 0.2) is 5.76 Å². The molecule has 6 nitrogen and oxygen atoms in total. The van der Waals surface area contributed by atoms with Crippen molar-refractivity contribution in [1.29, 1.82) is 0 Å². The summed E-state index contributed by atoms with van der Waals surface area (Å²) < 4.78 is 11.8. The van der Waals surface area contributed by atoms with Crippen LogP contribution in [0.4, 0.5) is 5.69 Å². The molecule has 5 rings (SSSR count). The van der Waals surface area contributed by atoms with Crippen LogP contribution in [0.3, 0.4) is 0 Å². The van der Waals surface area contributed by atoms with Crippen LogP contribution in [0, 0.1) is 6.92 Å². The maximum absolute atomic E-state index is 13.6. The van der Waals surface area contributed by atoms with E-state index in [0.717, 1.165) is 22.1 Å². The van der Waals surface area contributed by atoms with E-state index in [1.165, 1.54) is 4.90 Å². The highest BCUT2D eigenvalue weighted by atomic mass is 35.5. The summed E-state index contributed by atoms with van der Waals surface area (Å²) in [4.78, 5) is 26.4. The molecule has 38 heavy (non-hydrogen) atoms. The zero-order valence-electron chi connectivity index (χ0n) is 20.6. The molecule has 190 valence electrons. The standard InChI is InChI=1S/C31H24ClNO5/c1-20-27-16-9-23(22-7-10-24(32)11-8-22)17-28(27)38-30(20)31(36)33(18-29(34)35)25-12-14-26(15-13-25)37-19-21-5-3-2-4-6-21/h2-17H,18-19H2,1H3,(H,34,35). The number of fused-ring (bicyclic) bond motifs is 1. The third-order valence-electron chi connectivity index (χ3n) is 6.25. The molecule has 0 saturated heterocycles. The summed E-state index contributed by atoms with van der Waals surface area (Å²) >= 11 is 6.01. The molecule has 0 spiro atoms. The molecule has 0 fully saturated rings. The van der Waals surface area contributed by atoms with Crippen molar-refractivity contribution >= 4 is 40.1 Å². The van der Waals surface area contributed by atoms with Gasteiger partial charge in [0.2, 0.25) is 0 Å². The Morgan fingerprint density at radius 3 is 2.26 bits per heavy atom. The Morgan fingerprint density at radius 2 is 1.58 bits per heavy atom. The predicted octanol–water partition coefficient (Wildman–Crippen LogP) is 7.37. The highest BCUT2D eigenvalue weighted by Gasteiger charge is 2.26. The number of hydrogen-bond donors (Lipinski definition) is 1. The van der Waals surface area contributed by atoms with E-state index in [1.54, 1.807) is 31.2 Å². The largest absolute Gasteiger partial charge is 0.489 e. The molecule has 7 heteroatoms. The van der Waals surface area contributed by atoms with Gasteiger partial charge in [0.1, 0.15) is 24.5 Å². The van der Waals surface area contributed by atoms with E-state index in [-0.39, 0.29) is 5.76 Å². The van der Waals surface area contributed by atoms with Gasteiger partial charge in [0.05, 0.1) is 0 Å². The van der Waals surface area contributed by atoms with Crippen LogP contribution < -0.4 is 9.64 Å². The van der Waals surface area contributed by atoms with Crippen LogP contribution in [-0.4, -0.2) is 23.5 Å². The Morgan fingerprint density at radius 1 is 0.895 bits per heavy atom. The Balaban J connectivity index is 1.41. The van der Waals surface area contributed by atoms with Crippen LogP contribution in [0.25, 0.3) is 22.1 Å². The van der Waals surface area contributed by atoms with E-state index >= 15 is 0 Å². The SMILES string of the molecule is Cc1c(C(=O)N(CC(=O)O)c2ccc(OCc3ccccc3)cc2)oc2cc(-c3ccc(Cl)cc3)ccc12. The summed E-state index contributed by atoms with van der Waals surface area (Å²) in [6.45, 7) is 1.67. The number of rotatable bonds is 8. The first kappa shape index (κ1) is 25.1. The van der Waals surface area contributed by atoms with Gasteiger partial charge in [-0.2, -0.15) is 0 Å². The average molecular weight is 526 g/mol. The molecule has 4 aromatic carbocycles. The number of furan rings is 1. The lowest BCUT2D eigenvalue weighted by molar-refractivity contribution is -0.135. The van der Waals surface area contributed by atoms with Gasteiger partial charge < -0.3 is 14.3 Å². The molecule has 0 aliphatic carbocycles. The summed E-state index contributed by atoms with van der Waals surface area (Å²) in [5.74, 6) is -0.970. The van der Waals surface area contributed by atoms with Gasteiger partial charge in [-0.1, -0.05) is 66.2 Å². The number of carbonyl (C=O) groups excluding carboxylic acids is 1. The van der Waals surface area contributed by atoms with E-state index in [4.69, 9.17) is 20.8 Å². The molecule has 0 aliphatic heterocycles. The lowest BCUT2D eigenvalue weighted by Crippen LogP contribution is -2.35. The molecule has 1 aromatic heterocycles. The van der Waals surface area contributed by atoms with Gasteiger partial charge in [0.25, 0.3) is 5.91 Å². The number of halogens is 1. The smallest absolute Gasteiger partial charge is 0.323 e. The predicted molar refractivity (Wildman–Crippen MR) is 148 cm³/mol. The molecule has 5 aromatic rings. The summed E-state index contributed by atoms with van der Waals surface area (Å²) in [6, 6.07) is 29.7. The first-order valence-electron chi connectivity index (χ1n) is 12.0. The zero-order chi connectivity index (χ0) is 26.6. The molecule has 1 heterocycles. The summed E-state index contributed by atoms with van der Waals surface area (Å²) in [7, 11) is 0. The van der Waals surface area contributed by atoms with Gasteiger partial charge in [-0.05, 0) is 66.1 Å². The number of hydrogen-bond acceptors (Lipinski definition) is 4. The lowest BCUT2D eigenvalue weighted by atomic mass is 10.0. The van der Waals surface area contributed by atoms with Crippen LogP contribution in [0.15, 0.2) is 101 Å². The molecule has 0 unspecified atom stereocenters. The Labute approximate surface area is 224 Å². The molecule has 0 radical (unpaired) electrons. The number of aryl methyl sites for hydroxylation is 1. The Bertz CT molecular complexity index is 1590. The molecule has 1 N–H and O–H groups in total. The van der Waals surface area contributed by atoms with Gasteiger partial charge in [0, 0.05) is 21.7 Å². The first-order valence-corrected chi connectivity index (χ1v) is 12.4. The highest BCUT2D eigenvalue weighted by molar-refractivity contribution is 6.30. The number of nitrogens with zero attached hydrogens (tertiary/aromatic N) is 1. The molecule has 0 atom stereocenters. The van der Waals surface area contributed by atoms with Crippen LogP contribution >= 0.6 is 11.6 Å². The monoisotopic (exact) mass is 525 g/mol. The lowest BCUT2D eigenvalue weighted by Gasteiger charge is -2.20. The average Bonchev–Trinajstić information content (AvgIpc) is 3.27. The van der Waals surface area contributed by atoms with Crippen LogP contribution in [-0.2, 0) is 11.4 Å². The maximum atomic E-state index is 13.6. The zero-order valence-corrected chi connectivity index (χ0v) is 21.3. The van der Waals surface area contributed by atoms with Crippen LogP contribution in [0.1, 0.15) is 21.7 Å². The fourth-order valence-corrected chi connectivity index (χ4v) is 4.38. The Hall–Kier alpha value is -4.55. The van der Waals surface area contributed by atoms with Gasteiger partial charge in [-0.3, -0.25) is 14.5 Å². The Kier molecular flexibility index (Phi) is 7.15. The second-order valence-electron chi connectivity index (χ2n) is 8.83. The highest BCUT2D eigenvalue weighted by Crippen LogP contribution is 2.32. The number of benzene rings is 4. The molecule has 0 bridgehead atoms. The molecular weight excluding hydrogens is 502 g/mol. The van der Waals surface area contributed by atoms with E-state index in [0.29, 0.717) is 34.2 Å². The van der Waals surface area contributed by atoms with Crippen molar-refractivity contribution in [2.45, 2.75) is 13.5 Å². The van der Waals surface area contributed by atoms with Crippen LogP contribution in [0.2, 0.25) is 5.02 Å². The summed E-state index contributed by atoms with van der Waals surface area (Å²) in [5, 5.41) is 11.0. The molecular formula is C31H24ClNO5. The van der Waals surface area contributed by atoms with Crippen molar-refractivity contribution in [2.24, 2.45) is 0 Å². The third-order valence-corrected chi connectivity index (χ3v) is 6.50. The van der Waals surface area contributed by atoms with Crippen LogP contribution in [0.5, 0.6) is 5.75 Å². The normalized spacial score (nSPS) is 10.9. The van der Waals surface area contributed by atoms with Crippen molar-refractivity contribution in [3.05, 3.63) is 119 Å². The second kappa shape index (κ2) is 10.8. The van der Waals surface area contributed by atoms with Crippen molar-refractivity contribution in [1.82, 2.24) is 0 Å². The van der Waals surface area contributed by atoms with Gasteiger partial charge in [-0.15, -0.1) is 0 Å². The molecule has 0 aliphatic rings. The van der Waals surface area contributed by atoms with Gasteiger partial charge in [-0.25, -0.2) is 0 Å². The van der Waals surface area contributed by atoms with E-state index < -0.39 is 18.4 Å². The number of amides is 1. The molecule has 0 saturated carbocycles. The van der Waals surface area contributed by atoms with Gasteiger partial charge >= 0.3 is 5.97 Å². The molecule has 1 amide bonds. The minimum Gasteiger partial charge on any atom is -0.489 e. The summed E-state index contributed by atoms with van der Waals surface area (Å²) in [6.07, 6.45) is 0. The third kappa shape index (κ3) is 5.41. The minimum absolute atomic E-state index is 0.0962. The number of aliphatic carboxylic acids is 1. The van der Waals surface area contributed by atoms with Crippen molar-refractivity contribution in [2.75, 3.05) is 11.4 Å². The minimum atomic E-state index is -1.14. The fraction of sp³-hybridized carbons (Fsp3) is 0.0968.